The van der Waals surface area contributed by atoms with Crippen molar-refractivity contribution in [2.45, 2.75) is 37.5 Å². The topological polar surface area (TPSA) is 90.2 Å². The molecule has 3 aromatic carbocycles. The van der Waals surface area contributed by atoms with E-state index in [-0.39, 0.29) is 24.3 Å². The van der Waals surface area contributed by atoms with Gasteiger partial charge in [-0.1, -0.05) is 55.0 Å². The lowest BCUT2D eigenvalue weighted by Crippen LogP contribution is -2.34. The first-order chi connectivity index (χ1) is 17.0. The number of benzene rings is 3. The standard InChI is InChI=1S/C30H28N2O3/c31-19-21-2-1-3-24(16-21)22-5-10-25(11-6-22)30(18-20-4-9-27(30)17-20)26-12-7-23(8-13-26)29(35)32-15-14-28(33)34/h1-3,5-8,10-13,16,20,27H,4,9,14-15,17-18H2,(H,32,35)(H,33,34). The molecule has 35 heavy (non-hydrogen) atoms. The van der Waals surface area contributed by atoms with E-state index in [0.29, 0.717) is 17.0 Å². The van der Waals surface area contributed by atoms with Gasteiger partial charge in [-0.2, -0.15) is 5.26 Å². The average molecular weight is 465 g/mol. The van der Waals surface area contributed by atoms with Crippen molar-refractivity contribution >= 4 is 11.9 Å². The number of aliphatic carboxylic acids is 1. The second kappa shape index (κ2) is 9.38. The SMILES string of the molecule is N#Cc1cccc(-c2ccc(C3(c4ccc(C(=O)NCCC(=O)O)cc4)CC4CCC3C4)cc2)c1. The molecule has 3 aromatic rings. The Morgan fingerprint density at radius 3 is 2.29 bits per heavy atom. The number of fused-ring (bicyclic) bond motifs is 2. The van der Waals surface area contributed by atoms with Crippen LogP contribution in [0.4, 0.5) is 0 Å². The number of carboxylic acids is 1. The molecule has 3 unspecified atom stereocenters. The van der Waals surface area contributed by atoms with Crippen LogP contribution in [0.2, 0.25) is 0 Å². The van der Waals surface area contributed by atoms with Gasteiger partial charge >= 0.3 is 5.97 Å². The molecule has 1 amide bonds. The van der Waals surface area contributed by atoms with Gasteiger partial charge in [0.2, 0.25) is 0 Å². The molecule has 0 heterocycles. The van der Waals surface area contributed by atoms with Crippen LogP contribution < -0.4 is 5.32 Å². The van der Waals surface area contributed by atoms with E-state index in [4.69, 9.17) is 5.11 Å². The molecular formula is C30H28N2O3. The Morgan fingerprint density at radius 2 is 1.69 bits per heavy atom. The molecule has 2 aliphatic rings. The van der Waals surface area contributed by atoms with E-state index < -0.39 is 5.97 Å². The molecule has 2 saturated carbocycles. The zero-order valence-electron chi connectivity index (χ0n) is 19.5. The fourth-order valence-corrected chi connectivity index (χ4v) is 6.24. The Hall–Kier alpha value is -3.91. The second-order valence-corrected chi connectivity index (χ2v) is 9.80. The largest absolute Gasteiger partial charge is 0.481 e. The molecular weight excluding hydrogens is 436 g/mol. The third-order valence-corrected chi connectivity index (χ3v) is 7.86. The van der Waals surface area contributed by atoms with Crippen molar-refractivity contribution in [2.24, 2.45) is 11.8 Å². The summed E-state index contributed by atoms with van der Waals surface area (Å²) in [5.74, 6) is 0.132. The highest BCUT2D eigenvalue weighted by molar-refractivity contribution is 5.94. The van der Waals surface area contributed by atoms with Gasteiger partial charge in [0.15, 0.2) is 0 Å². The normalized spacial score (nSPS) is 22.5. The minimum atomic E-state index is -0.928. The molecule has 0 aliphatic heterocycles. The van der Waals surface area contributed by atoms with Gasteiger partial charge in [0.1, 0.15) is 0 Å². The number of nitrogens with zero attached hydrogens (tertiary/aromatic N) is 1. The van der Waals surface area contributed by atoms with E-state index in [1.807, 2.05) is 36.4 Å². The molecule has 0 aromatic heterocycles. The summed E-state index contributed by atoms with van der Waals surface area (Å²) in [6, 6.07) is 26.6. The van der Waals surface area contributed by atoms with Crippen LogP contribution in [-0.4, -0.2) is 23.5 Å². The van der Waals surface area contributed by atoms with E-state index in [9.17, 15) is 14.9 Å². The summed E-state index contributed by atoms with van der Waals surface area (Å²) < 4.78 is 0. The zero-order valence-corrected chi connectivity index (χ0v) is 19.5. The third-order valence-electron chi connectivity index (χ3n) is 7.86. The number of amides is 1. The number of carbonyl (C=O) groups excluding carboxylic acids is 1. The second-order valence-electron chi connectivity index (χ2n) is 9.80. The van der Waals surface area contributed by atoms with E-state index in [1.165, 1.54) is 30.4 Å². The number of hydrogen-bond donors (Lipinski definition) is 2. The van der Waals surface area contributed by atoms with Crippen LogP contribution in [0.1, 0.15) is 59.2 Å². The molecule has 2 N–H and O–H groups in total. The number of nitrogens with one attached hydrogen (secondary N) is 1. The maximum atomic E-state index is 12.4. The summed E-state index contributed by atoms with van der Waals surface area (Å²) in [7, 11) is 0. The average Bonchev–Trinajstić information content (AvgIpc) is 3.51. The number of carbonyl (C=O) groups is 2. The van der Waals surface area contributed by atoms with Gasteiger partial charge in [-0.3, -0.25) is 9.59 Å². The number of rotatable bonds is 7. The van der Waals surface area contributed by atoms with Gasteiger partial charge in [-0.25, -0.2) is 0 Å². The number of nitriles is 1. The molecule has 2 aliphatic carbocycles. The maximum absolute atomic E-state index is 12.4. The first-order valence-electron chi connectivity index (χ1n) is 12.2. The smallest absolute Gasteiger partial charge is 0.305 e. The van der Waals surface area contributed by atoms with Crippen molar-refractivity contribution in [2.75, 3.05) is 6.54 Å². The molecule has 2 fully saturated rings. The van der Waals surface area contributed by atoms with Gasteiger partial charge in [0.05, 0.1) is 18.1 Å². The first-order valence-corrected chi connectivity index (χ1v) is 12.2. The summed E-state index contributed by atoms with van der Waals surface area (Å²) in [5.41, 5.74) is 5.82. The zero-order chi connectivity index (χ0) is 24.4. The highest BCUT2D eigenvalue weighted by Crippen LogP contribution is 2.60. The van der Waals surface area contributed by atoms with E-state index in [1.54, 1.807) is 0 Å². The highest BCUT2D eigenvalue weighted by Gasteiger charge is 2.52. The molecule has 0 radical (unpaired) electrons. The van der Waals surface area contributed by atoms with Crippen molar-refractivity contribution in [1.82, 2.24) is 5.32 Å². The van der Waals surface area contributed by atoms with Crippen molar-refractivity contribution in [3.05, 3.63) is 95.1 Å². The predicted molar refractivity (Wildman–Crippen MR) is 134 cm³/mol. The lowest BCUT2D eigenvalue weighted by atomic mass is 9.64. The van der Waals surface area contributed by atoms with Crippen molar-refractivity contribution in [3.63, 3.8) is 0 Å². The number of hydrogen-bond acceptors (Lipinski definition) is 3. The van der Waals surface area contributed by atoms with E-state index in [2.05, 4.69) is 47.8 Å². The summed E-state index contributed by atoms with van der Waals surface area (Å²) in [5, 5.41) is 20.7. The summed E-state index contributed by atoms with van der Waals surface area (Å²) in [6.45, 7) is 0.118. The van der Waals surface area contributed by atoms with Crippen LogP contribution in [-0.2, 0) is 10.2 Å². The molecule has 3 atom stereocenters. The quantitative estimate of drug-likeness (QED) is 0.481. The lowest BCUT2D eigenvalue weighted by Gasteiger charge is -2.39. The van der Waals surface area contributed by atoms with Crippen molar-refractivity contribution < 1.29 is 14.7 Å². The molecule has 2 bridgehead atoms. The van der Waals surface area contributed by atoms with Gasteiger partial charge in [-0.15, -0.1) is 0 Å². The van der Waals surface area contributed by atoms with Gasteiger partial charge < -0.3 is 10.4 Å². The molecule has 5 rings (SSSR count). The Morgan fingerprint density at radius 1 is 0.971 bits per heavy atom. The van der Waals surface area contributed by atoms with Crippen molar-refractivity contribution in [1.29, 1.82) is 5.26 Å². The Bertz CT molecular complexity index is 1290. The van der Waals surface area contributed by atoms with E-state index in [0.717, 1.165) is 23.5 Å². The van der Waals surface area contributed by atoms with Crippen LogP contribution >= 0.6 is 0 Å². The predicted octanol–water partition coefficient (Wildman–Crippen LogP) is 5.54. The minimum absolute atomic E-state index is 0.0612. The van der Waals surface area contributed by atoms with Gasteiger partial charge in [-0.05, 0) is 77.6 Å². The minimum Gasteiger partial charge on any atom is -0.481 e. The third kappa shape index (κ3) is 4.33. The highest BCUT2D eigenvalue weighted by atomic mass is 16.4. The summed E-state index contributed by atoms with van der Waals surface area (Å²) >= 11 is 0. The molecule has 0 spiro atoms. The Kier molecular flexibility index (Phi) is 6.13. The van der Waals surface area contributed by atoms with Crippen LogP contribution in [0.15, 0.2) is 72.8 Å². The fraction of sp³-hybridized carbons (Fsp3) is 0.300. The monoisotopic (exact) mass is 464 g/mol. The first kappa shape index (κ1) is 22.9. The van der Waals surface area contributed by atoms with Gasteiger partial charge in [0.25, 0.3) is 5.91 Å². The Labute approximate surface area is 205 Å². The van der Waals surface area contributed by atoms with Crippen molar-refractivity contribution in [3.8, 4) is 17.2 Å². The number of carboxylic acid groups (broad SMARTS) is 1. The maximum Gasteiger partial charge on any atom is 0.305 e. The van der Waals surface area contributed by atoms with E-state index >= 15 is 0 Å². The summed E-state index contributed by atoms with van der Waals surface area (Å²) in [6.07, 6.45) is 4.77. The molecule has 0 saturated heterocycles. The van der Waals surface area contributed by atoms with Crippen LogP contribution in [0.5, 0.6) is 0 Å². The van der Waals surface area contributed by atoms with Crippen LogP contribution in [0.25, 0.3) is 11.1 Å². The molecule has 5 nitrogen and oxygen atoms in total. The fourth-order valence-electron chi connectivity index (χ4n) is 6.24. The summed E-state index contributed by atoms with van der Waals surface area (Å²) in [4.78, 5) is 23.1. The van der Waals surface area contributed by atoms with Gasteiger partial charge in [0, 0.05) is 17.5 Å². The van der Waals surface area contributed by atoms with Crippen LogP contribution in [0, 0.1) is 23.2 Å². The lowest BCUT2D eigenvalue weighted by molar-refractivity contribution is -0.136. The van der Waals surface area contributed by atoms with Crippen LogP contribution in [0.3, 0.4) is 0 Å². The molecule has 176 valence electrons. The molecule has 5 heteroatoms. The Balaban J connectivity index is 1.43.